The highest BCUT2D eigenvalue weighted by molar-refractivity contribution is 5.16. The van der Waals surface area contributed by atoms with E-state index in [1.165, 1.54) is 6.07 Å². The molecule has 1 fully saturated rings. The summed E-state index contributed by atoms with van der Waals surface area (Å²) in [4.78, 5) is 0. The third-order valence-corrected chi connectivity index (χ3v) is 4.25. The highest BCUT2D eigenvalue weighted by Crippen LogP contribution is 2.43. The first-order valence-corrected chi connectivity index (χ1v) is 7.49. The maximum absolute atomic E-state index is 13.1. The number of hydrogen-bond donors (Lipinski definition) is 1. The van der Waals surface area contributed by atoms with Crippen LogP contribution in [-0.4, -0.2) is 18.8 Å². The predicted molar refractivity (Wildman–Crippen MR) is 80.0 cm³/mol. The molecule has 1 aromatic carbocycles. The van der Waals surface area contributed by atoms with Gasteiger partial charge in [-0.15, -0.1) is 0 Å². The molecular formula is C17H26FNO. The molecule has 2 rings (SSSR count). The summed E-state index contributed by atoms with van der Waals surface area (Å²) in [5, 5.41) is 3.52. The Bertz CT molecular complexity index is 444. The minimum Gasteiger partial charge on any atom is -0.377 e. The molecule has 0 aliphatic heterocycles. The number of hydrogen-bond acceptors (Lipinski definition) is 2. The van der Waals surface area contributed by atoms with Crippen LogP contribution < -0.4 is 5.32 Å². The first-order chi connectivity index (χ1) is 9.39. The van der Waals surface area contributed by atoms with Crippen LogP contribution in [0.5, 0.6) is 0 Å². The normalized spacial score (nSPS) is 24.7. The summed E-state index contributed by atoms with van der Waals surface area (Å²) in [5.41, 5.74) is 1.13. The average Bonchev–Trinajstić information content (AvgIpc) is 2.36. The van der Waals surface area contributed by atoms with E-state index in [9.17, 15) is 4.39 Å². The first kappa shape index (κ1) is 15.5. The SMILES string of the molecule is CC(C)COC1CC(NCc2cccc(F)c2)C1(C)C. The van der Waals surface area contributed by atoms with Crippen molar-refractivity contribution in [1.82, 2.24) is 5.32 Å². The molecule has 1 aliphatic carbocycles. The molecule has 20 heavy (non-hydrogen) atoms. The van der Waals surface area contributed by atoms with Crippen LogP contribution in [0, 0.1) is 17.2 Å². The van der Waals surface area contributed by atoms with Crippen LogP contribution >= 0.6 is 0 Å². The minimum atomic E-state index is -0.171. The van der Waals surface area contributed by atoms with Gasteiger partial charge in [0.05, 0.1) is 6.10 Å². The van der Waals surface area contributed by atoms with E-state index in [-0.39, 0.29) is 11.2 Å². The van der Waals surface area contributed by atoms with Crippen molar-refractivity contribution in [3.05, 3.63) is 35.6 Å². The molecular weight excluding hydrogens is 253 g/mol. The Hall–Kier alpha value is -0.930. The molecule has 0 amide bonds. The van der Waals surface area contributed by atoms with Gasteiger partial charge in [-0.1, -0.05) is 39.8 Å². The van der Waals surface area contributed by atoms with Gasteiger partial charge in [-0.25, -0.2) is 4.39 Å². The summed E-state index contributed by atoms with van der Waals surface area (Å²) in [6, 6.07) is 7.21. The van der Waals surface area contributed by atoms with Crippen LogP contribution in [0.1, 0.15) is 39.7 Å². The second-order valence-electron chi connectivity index (χ2n) is 6.84. The van der Waals surface area contributed by atoms with Crippen LogP contribution in [0.25, 0.3) is 0 Å². The smallest absolute Gasteiger partial charge is 0.123 e. The molecule has 1 aromatic rings. The van der Waals surface area contributed by atoms with Gasteiger partial charge in [0.1, 0.15) is 5.82 Å². The third kappa shape index (κ3) is 3.58. The van der Waals surface area contributed by atoms with Crippen molar-refractivity contribution in [3.8, 4) is 0 Å². The molecule has 0 radical (unpaired) electrons. The molecule has 112 valence electrons. The molecule has 0 spiro atoms. The zero-order chi connectivity index (χ0) is 14.8. The molecule has 3 heteroatoms. The second kappa shape index (κ2) is 6.23. The van der Waals surface area contributed by atoms with Crippen LogP contribution in [-0.2, 0) is 11.3 Å². The van der Waals surface area contributed by atoms with E-state index in [0.29, 0.717) is 24.6 Å². The van der Waals surface area contributed by atoms with Crippen molar-refractivity contribution in [2.75, 3.05) is 6.61 Å². The highest BCUT2D eigenvalue weighted by atomic mass is 19.1. The van der Waals surface area contributed by atoms with Crippen molar-refractivity contribution in [2.45, 2.75) is 52.8 Å². The fraction of sp³-hybridized carbons (Fsp3) is 0.647. The second-order valence-corrected chi connectivity index (χ2v) is 6.84. The van der Waals surface area contributed by atoms with Crippen LogP contribution in [0.4, 0.5) is 4.39 Å². The van der Waals surface area contributed by atoms with E-state index >= 15 is 0 Å². The minimum absolute atomic E-state index is 0.141. The van der Waals surface area contributed by atoms with Crippen molar-refractivity contribution in [1.29, 1.82) is 0 Å². The monoisotopic (exact) mass is 279 g/mol. The largest absolute Gasteiger partial charge is 0.377 e. The number of rotatable bonds is 6. The molecule has 2 unspecified atom stereocenters. The Kier molecular flexibility index (Phi) is 4.82. The Morgan fingerprint density at radius 3 is 2.75 bits per heavy atom. The van der Waals surface area contributed by atoms with Gasteiger partial charge in [0.15, 0.2) is 0 Å². The Balaban J connectivity index is 1.81. The number of ether oxygens (including phenoxy) is 1. The van der Waals surface area contributed by atoms with Crippen LogP contribution in [0.15, 0.2) is 24.3 Å². The number of halogens is 1. The zero-order valence-electron chi connectivity index (χ0n) is 12.9. The van der Waals surface area contributed by atoms with Crippen LogP contribution in [0.2, 0.25) is 0 Å². The van der Waals surface area contributed by atoms with Gasteiger partial charge in [-0.3, -0.25) is 0 Å². The van der Waals surface area contributed by atoms with Gasteiger partial charge in [0.25, 0.3) is 0 Å². The molecule has 1 aliphatic rings. The molecule has 2 atom stereocenters. The van der Waals surface area contributed by atoms with E-state index in [0.717, 1.165) is 18.6 Å². The molecule has 0 saturated heterocycles. The van der Waals surface area contributed by atoms with Gasteiger partial charge < -0.3 is 10.1 Å². The molecule has 1 N–H and O–H groups in total. The Morgan fingerprint density at radius 2 is 2.15 bits per heavy atom. The van der Waals surface area contributed by atoms with Crippen molar-refractivity contribution in [3.63, 3.8) is 0 Å². The molecule has 0 heterocycles. The van der Waals surface area contributed by atoms with E-state index < -0.39 is 0 Å². The van der Waals surface area contributed by atoms with Crippen LogP contribution in [0.3, 0.4) is 0 Å². The maximum Gasteiger partial charge on any atom is 0.123 e. The van der Waals surface area contributed by atoms with Crippen molar-refractivity contribution in [2.24, 2.45) is 11.3 Å². The van der Waals surface area contributed by atoms with Gasteiger partial charge in [0.2, 0.25) is 0 Å². The quantitative estimate of drug-likeness (QED) is 0.856. The van der Waals surface area contributed by atoms with E-state index in [1.807, 2.05) is 6.07 Å². The lowest BCUT2D eigenvalue weighted by Crippen LogP contribution is -2.60. The fourth-order valence-corrected chi connectivity index (χ4v) is 2.71. The average molecular weight is 279 g/mol. The van der Waals surface area contributed by atoms with E-state index in [1.54, 1.807) is 12.1 Å². The zero-order valence-corrected chi connectivity index (χ0v) is 12.9. The summed E-state index contributed by atoms with van der Waals surface area (Å²) < 4.78 is 19.1. The van der Waals surface area contributed by atoms with Gasteiger partial charge >= 0.3 is 0 Å². The fourth-order valence-electron chi connectivity index (χ4n) is 2.71. The predicted octanol–water partition coefficient (Wildman–Crippen LogP) is 3.76. The number of benzene rings is 1. The summed E-state index contributed by atoms with van der Waals surface area (Å²) in [7, 11) is 0. The number of nitrogens with one attached hydrogen (secondary N) is 1. The topological polar surface area (TPSA) is 21.3 Å². The van der Waals surface area contributed by atoms with Gasteiger partial charge in [-0.05, 0) is 30.0 Å². The Labute approximate surface area is 121 Å². The lowest BCUT2D eigenvalue weighted by atomic mass is 9.64. The highest BCUT2D eigenvalue weighted by Gasteiger charge is 2.48. The third-order valence-electron chi connectivity index (χ3n) is 4.25. The lowest BCUT2D eigenvalue weighted by Gasteiger charge is -2.52. The van der Waals surface area contributed by atoms with Crippen molar-refractivity contribution >= 4 is 0 Å². The maximum atomic E-state index is 13.1. The lowest BCUT2D eigenvalue weighted by molar-refractivity contribution is -0.124. The summed E-state index contributed by atoms with van der Waals surface area (Å²) in [6.07, 6.45) is 1.37. The Morgan fingerprint density at radius 1 is 1.40 bits per heavy atom. The molecule has 1 saturated carbocycles. The molecule has 0 aromatic heterocycles. The summed E-state index contributed by atoms with van der Waals surface area (Å²) in [5.74, 6) is 0.403. The molecule has 2 nitrogen and oxygen atoms in total. The first-order valence-electron chi connectivity index (χ1n) is 7.49. The van der Waals surface area contributed by atoms with E-state index in [4.69, 9.17) is 4.74 Å². The summed E-state index contributed by atoms with van der Waals surface area (Å²) >= 11 is 0. The van der Waals surface area contributed by atoms with E-state index in [2.05, 4.69) is 33.0 Å². The standard InChI is InChI=1S/C17H26FNO/c1-12(2)11-20-16-9-15(17(16,3)4)19-10-13-6-5-7-14(18)8-13/h5-8,12,15-16,19H,9-11H2,1-4H3. The molecule has 0 bridgehead atoms. The summed E-state index contributed by atoms with van der Waals surface area (Å²) in [6.45, 7) is 10.4. The van der Waals surface area contributed by atoms with Gasteiger partial charge in [0, 0.05) is 24.6 Å². The van der Waals surface area contributed by atoms with Gasteiger partial charge in [-0.2, -0.15) is 0 Å². The van der Waals surface area contributed by atoms with Crippen molar-refractivity contribution < 1.29 is 9.13 Å².